The fourth-order valence-corrected chi connectivity index (χ4v) is 9.22. The molecule has 0 bridgehead atoms. The quantitative estimate of drug-likeness (QED) is 0.248. The summed E-state index contributed by atoms with van der Waals surface area (Å²) in [5.41, 5.74) is 5.71. The van der Waals surface area contributed by atoms with Crippen molar-refractivity contribution >= 4 is 54.7 Å². The lowest BCUT2D eigenvalue weighted by Gasteiger charge is -2.32. The van der Waals surface area contributed by atoms with Crippen molar-refractivity contribution in [2.24, 2.45) is 0 Å². The molecule has 0 spiro atoms. The zero-order valence-corrected chi connectivity index (χ0v) is 27.0. The Morgan fingerprint density at radius 3 is 2.87 bits per heavy atom. The van der Waals surface area contributed by atoms with Gasteiger partial charge in [-0.25, -0.2) is 13.2 Å². The van der Waals surface area contributed by atoms with Crippen LogP contribution in [-0.4, -0.2) is 78.7 Å². The second kappa shape index (κ2) is 11.8. The number of nitrogen functional groups attached to an aromatic ring is 1. The predicted molar refractivity (Wildman–Crippen MR) is 174 cm³/mol. The average Bonchev–Trinajstić information content (AvgIpc) is 3.54. The van der Waals surface area contributed by atoms with Crippen molar-refractivity contribution in [2.75, 3.05) is 56.7 Å². The summed E-state index contributed by atoms with van der Waals surface area (Å²) in [6, 6.07) is 4.64. The first-order chi connectivity index (χ1) is 22.8. The summed E-state index contributed by atoms with van der Waals surface area (Å²) in [6.07, 6.45) is 3.59. The van der Waals surface area contributed by atoms with Gasteiger partial charge in [-0.2, -0.15) is 15.2 Å². The molecule has 47 heavy (non-hydrogen) atoms. The number of aromatic nitrogens is 2. The predicted octanol–water partition coefficient (Wildman–Crippen LogP) is 6.62. The number of alkyl halides is 1. The second-order valence-corrected chi connectivity index (χ2v) is 14.2. The molecular weight excluding hydrogens is 653 g/mol. The summed E-state index contributed by atoms with van der Waals surface area (Å²) in [5.74, 6) is -0.736. The summed E-state index contributed by atoms with van der Waals surface area (Å²) in [5, 5.41) is 10.5. The first kappa shape index (κ1) is 30.7. The van der Waals surface area contributed by atoms with E-state index in [1.807, 2.05) is 6.07 Å². The van der Waals surface area contributed by atoms with E-state index in [-0.39, 0.29) is 73.3 Å². The van der Waals surface area contributed by atoms with Crippen LogP contribution in [0.15, 0.2) is 12.1 Å². The third-order valence-electron chi connectivity index (χ3n) is 10.1. The van der Waals surface area contributed by atoms with Crippen LogP contribution in [0.2, 0.25) is 5.02 Å². The standard InChI is InChI=1S/C33H32ClF3N6O3S/c34-25-23(19-4-5-21(36)29-22(19)20(14-38)30(39)47-29)26(37)27-24-28(25)45-12-9-43(18-3-1-10-44-11-6-18)31(24)41-32(40-27)46-16-33-7-2-8-42(33)15-17(35)13-33/h4-5,17-18H,1-3,6-13,15-16,39H2/t17-,18?,33+/m1/s1. The van der Waals surface area contributed by atoms with Crippen molar-refractivity contribution in [1.82, 2.24) is 14.9 Å². The van der Waals surface area contributed by atoms with Crippen LogP contribution in [0.3, 0.4) is 0 Å². The molecule has 246 valence electrons. The number of nitrogens with two attached hydrogens (primary N) is 1. The van der Waals surface area contributed by atoms with Crippen LogP contribution in [0.5, 0.6) is 11.8 Å². The highest BCUT2D eigenvalue weighted by atomic mass is 35.5. The molecule has 6 heterocycles. The molecule has 0 saturated carbocycles. The van der Waals surface area contributed by atoms with E-state index < -0.39 is 23.3 Å². The minimum Gasteiger partial charge on any atom is -0.489 e. The molecule has 14 heteroatoms. The Bertz CT molecular complexity index is 1950. The molecule has 3 fully saturated rings. The monoisotopic (exact) mass is 684 g/mol. The van der Waals surface area contributed by atoms with Crippen LogP contribution < -0.4 is 20.1 Å². The molecule has 8 rings (SSSR count). The van der Waals surface area contributed by atoms with Gasteiger partial charge < -0.3 is 24.8 Å². The Hall–Kier alpha value is -3.57. The van der Waals surface area contributed by atoms with E-state index in [9.17, 15) is 14.0 Å². The van der Waals surface area contributed by atoms with Crippen LogP contribution in [0.4, 0.5) is 24.0 Å². The van der Waals surface area contributed by atoms with Crippen LogP contribution in [0, 0.1) is 23.0 Å². The maximum atomic E-state index is 17.2. The van der Waals surface area contributed by atoms with Gasteiger partial charge in [0.2, 0.25) is 0 Å². The highest BCUT2D eigenvalue weighted by Gasteiger charge is 2.49. The maximum absolute atomic E-state index is 17.2. The molecule has 0 aliphatic carbocycles. The van der Waals surface area contributed by atoms with Crippen molar-refractivity contribution in [3.8, 4) is 29.0 Å². The third kappa shape index (κ3) is 4.94. The summed E-state index contributed by atoms with van der Waals surface area (Å²) >= 11 is 7.95. The lowest BCUT2D eigenvalue weighted by atomic mass is 9.95. The largest absolute Gasteiger partial charge is 0.489 e. The zero-order valence-electron chi connectivity index (χ0n) is 25.5. The molecule has 0 radical (unpaired) electrons. The Morgan fingerprint density at radius 2 is 2.02 bits per heavy atom. The number of halogens is 4. The first-order valence-corrected chi connectivity index (χ1v) is 17.1. The molecule has 3 atom stereocenters. The van der Waals surface area contributed by atoms with Gasteiger partial charge in [0.05, 0.1) is 32.8 Å². The lowest BCUT2D eigenvalue weighted by Crippen LogP contribution is -2.43. The molecule has 4 aromatic rings. The van der Waals surface area contributed by atoms with Crippen LogP contribution in [0.25, 0.3) is 32.1 Å². The van der Waals surface area contributed by atoms with Crippen molar-refractivity contribution in [2.45, 2.75) is 56.3 Å². The molecule has 4 aliphatic rings. The Balaban J connectivity index is 1.34. The topological polar surface area (TPSA) is 110 Å². The van der Waals surface area contributed by atoms with E-state index in [1.54, 1.807) is 0 Å². The van der Waals surface area contributed by atoms with Crippen LogP contribution in [-0.2, 0) is 4.74 Å². The van der Waals surface area contributed by atoms with E-state index >= 15 is 4.39 Å². The van der Waals surface area contributed by atoms with Gasteiger partial charge in [0.1, 0.15) is 47.6 Å². The number of rotatable bonds is 5. The number of benzene rings is 2. The molecule has 0 amide bonds. The molecule has 2 aromatic heterocycles. The van der Waals surface area contributed by atoms with Crippen molar-refractivity contribution in [3.05, 3.63) is 34.4 Å². The molecular formula is C33H32ClF3N6O3S. The lowest BCUT2D eigenvalue weighted by molar-refractivity contribution is 0.107. The highest BCUT2D eigenvalue weighted by molar-refractivity contribution is 7.23. The third-order valence-corrected chi connectivity index (χ3v) is 11.5. The molecule has 1 unspecified atom stereocenters. The number of fused-ring (bicyclic) bond motifs is 2. The van der Waals surface area contributed by atoms with Gasteiger partial charge in [0.15, 0.2) is 11.6 Å². The van der Waals surface area contributed by atoms with Crippen molar-refractivity contribution in [1.29, 1.82) is 5.26 Å². The number of nitrogens with zero attached hydrogens (tertiary/aromatic N) is 5. The second-order valence-electron chi connectivity index (χ2n) is 12.7. The van der Waals surface area contributed by atoms with E-state index in [4.69, 9.17) is 36.5 Å². The fraction of sp³-hybridized carbons (Fsp3) is 0.485. The molecule has 9 nitrogen and oxygen atoms in total. The maximum Gasteiger partial charge on any atom is 0.319 e. The zero-order chi connectivity index (χ0) is 32.4. The average molecular weight is 685 g/mol. The minimum absolute atomic E-state index is 0.0346. The Morgan fingerprint density at radius 1 is 1.15 bits per heavy atom. The van der Waals surface area contributed by atoms with Gasteiger partial charge in [-0.3, -0.25) is 4.90 Å². The van der Waals surface area contributed by atoms with Gasteiger partial charge in [-0.1, -0.05) is 17.7 Å². The van der Waals surface area contributed by atoms with E-state index in [0.717, 1.165) is 50.0 Å². The van der Waals surface area contributed by atoms with Gasteiger partial charge in [0.25, 0.3) is 0 Å². The van der Waals surface area contributed by atoms with Gasteiger partial charge >= 0.3 is 6.01 Å². The van der Waals surface area contributed by atoms with Gasteiger partial charge in [-0.05, 0) is 50.3 Å². The molecule has 2 aromatic carbocycles. The summed E-state index contributed by atoms with van der Waals surface area (Å²) in [7, 11) is 0. The van der Waals surface area contributed by atoms with E-state index in [2.05, 4.69) is 14.8 Å². The molecule has 2 N–H and O–H groups in total. The number of thiophene rings is 1. The molecule has 3 saturated heterocycles. The van der Waals surface area contributed by atoms with E-state index in [0.29, 0.717) is 43.9 Å². The SMILES string of the molecule is N#Cc1c(N)sc2c(F)ccc(-c3c(Cl)c4c5c(nc(OC[C@@]67CCCN6C[C@H](F)C7)nc5c3F)N(C3CCCOCC3)CCO4)c12. The van der Waals surface area contributed by atoms with Gasteiger partial charge in [0, 0.05) is 43.2 Å². The van der Waals surface area contributed by atoms with Crippen molar-refractivity contribution in [3.63, 3.8) is 0 Å². The first-order valence-electron chi connectivity index (χ1n) is 15.9. The van der Waals surface area contributed by atoms with Crippen molar-refractivity contribution < 1.29 is 27.4 Å². The van der Waals surface area contributed by atoms with E-state index in [1.165, 1.54) is 12.1 Å². The highest BCUT2D eigenvalue weighted by Crippen LogP contribution is 2.51. The number of ether oxygens (including phenoxy) is 3. The number of hydrogen-bond donors (Lipinski definition) is 1. The normalized spacial score (nSPS) is 24.6. The Labute approximate surface area is 278 Å². The number of anilines is 2. The molecule has 4 aliphatic heterocycles. The summed E-state index contributed by atoms with van der Waals surface area (Å²) < 4.78 is 65.1. The Kier molecular flexibility index (Phi) is 7.74. The fourth-order valence-electron chi connectivity index (χ4n) is 7.94. The number of hydrogen-bond acceptors (Lipinski definition) is 10. The summed E-state index contributed by atoms with van der Waals surface area (Å²) in [6.45, 7) is 3.24. The number of nitriles is 1. The summed E-state index contributed by atoms with van der Waals surface area (Å²) in [4.78, 5) is 13.7. The smallest absolute Gasteiger partial charge is 0.319 e. The van der Waals surface area contributed by atoms with Gasteiger partial charge in [-0.15, -0.1) is 11.3 Å². The van der Waals surface area contributed by atoms with Crippen LogP contribution in [0.1, 0.15) is 44.1 Å². The van der Waals surface area contributed by atoms with Crippen LogP contribution >= 0.6 is 22.9 Å². The minimum atomic E-state index is -0.937.